The first-order valence-electron chi connectivity index (χ1n) is 5.98. The van der Waals surface area contributed by atoms with E-state index in [0.717, 1.165) is 23.0 Å². The summed E-state index contributed by atoms with van der Waals surface area (Å²) in [4.78, 5) is 4.60. The van der Waals surface area contributed by atoms with Crippen LogP contribution in [0.2, 0.25) is 0 Å². The van der Waals surface area contributed by atoms with Crippen molar-refractivity contribution in [1.29, 1.82) is 0 Å². The van der Waals surface area contributed by atoms with Crippen molar-refractivity contribution in [3.05, 3.63) is 24.3 Å². The predicted molar refractivity (Wildman–Crippen MR) is 76.8 cm³/mol. The molecule has 2 rings (SSSR count). The van der Waals surface area contributed by atoms with Crippen molar-refractivity contribution in [2.75, 3.05) is 16.8 Å². The van der Waals surface area contributed by atoms with E-state index in [1.54, 1.807) is 0 Å². The SMILES string of the molecule is CCSCC(C)Nc1nc2ccccc2n1C. The van der Waals surface area contributed by atoms with E-state index in [1.807, 2.05) is 30.0 Å². The predicted octanol–water partition coefficient (Wildman–Crippen LogP) is 3.13. The Morgan fingerprint density at radius 3 is 2.88 bits per heavy atom. The summed E-state index contributed by atoms with van der Waals surface area (Å²) in [5.41, 5.74) is 2.22. The van der Waals surface area contributed by atoms with Gasteiger partial charge >= 0.3 is 0 Å². The van der Waals surface area contributed by atoms with Gasteiger partial charge in [0.25, 0.3) is 0 Å². The maximum absolute atomic E-state index is 4.60. The lowest BCUT2D eigenvalue weighted by molar-refractivity contribution is 0.851. The number of rotatable bonds is 5. The minimum Gasteiger partial charge on any atom is -0.352 e. The minimum atomic E-state index is 0.440. The van der Waals surface area contributed by atoms with E-state index in [4.69, 9.17) is 0 Å². The fourth-order valence-corrected chi connectivity index (χ4v) is 2.50. The Kier molecular flexibility index (Phi) is 3.94. The summed E-state index contributed by atoms with van der Waals surface area (Å²) in [5.74, 6) is 3.23. The standard InChI is InChI=1S/C13H19N3S/c1-4-17-9-10(2)14-13-15-11-7-5-6-8-12(11)16(13)3/h5-8,10H,4,9H2,1-3H3,(H,14,15). The van der Waals surface area contributed by atoms with Crippen LogP contribution in [0, 0.1) is 0 Å². The largest absolute Gasteiger partial charge is 0.352 e. The van der Waals surface area contributed by atoms with Crippen molar-refractivity contribution in [2.45, 2.75) is 19.9 Å². The summed E-state index contributed by atoms with van der Waals surface area (Å²) in [5, 5.41) is 3.47. The molecule has 1 atom stereocenters. The zero-order valence-electron chi connectivity index (χ0n) is 10.6. The second-order valence-corrected chi connectivity index (χ2v) is 5.51. The number of imidazole rings is 1. The normalized spacial score (nSPS) is 12.9. The van der Waals surface area contributed by atoms with Crippen LogP contribution in [0.3, 0.4) is 0 Å². The van der Waals surface area contributed by atoms with E-state index in [0.29, 0.717) is 6.04 Å². The van der Waals surface area contributed by atoms with Gasteiger partial charge in [0.1, 0.15) is 0 Å². The van der Waals surface area contributed by atoms with E-state index in [9.17, 15) is 0 Å². The first kappa shape index (κ1) is 12.3. The van der Waals surface area contributed by atoms with E-state index in [-0.39, 0.29) is 0 Å². The molecule has 4 heteroatoms. The Morgan fingerprint density at radius 2 is 2.18 bits per heavy atom. The third-order valence-electron chi connectivity index (χ3n) is 2.73. The molecule has 0 radical (unpaired) electrons. The molecule has 2 aromatic rings. The van der Waals surface area contributed by atoms with Crippen LogP contribution in [0.1, 0.15) is 13.8 Å². The van der Waals surface area contributed by atoms with Crippen molar-refractivity contribution in [3.8, 4) is 0 Å². The molecule has 1 aromatic heterocycles. The number of nitrogens with one attached hydrogen (secondary N) is 1. The molecule has 1 heterocycles. The van der Waals surface area contributed by atoms with Crippen LogP contribution >= 0.6 is 11.8 Å². The van der Waals surface area contributed by atoms with Crippen molar-refractivity contribution in [2.24, 2.45) is 7.05 Å². The van der Waals surface area contributed by atoms with Gasteiger partial charge in [0.15, 0.2) is 0 Å². The quantitative estimate of drug-likeness (QED) is 0.883. The fraction of sp³-hybridized carbons (Fsp3) is 0.462. The van der Waals surface area contributed by atoms with E-state index < -0.39 is 0 Å². The first-order chi connectivity index (χ1) is 8.22. The lowest BCUT2D eigenvalue weighted by Gasteiger charge is -2.13. The highest BCUT2D eigenvalue weighted by Gasteiger charge is 2.09. The molecular weight excluding hydrogens is 230 g/mol. The topological polar surface area (TPSA) is 29.9 Å². The smallest absolute Gasteiger partial charge is 0.203 e. The maximum atomic E-state index is 4.60. The summed E-state index contributed by atoms with van der Waals surface area (Å²) in [6, 6.07) is 8.65. The van der Waals surface area contributed by atoms with Crippen molar-refractivity contribution >= 4 is 28.7 Å². The Hall–Kier alpha value is -1.16. The molecule has 3 nitrogen and oxygen atoms in total. The molecule has 17 heavy (non-hydrogen) atoms. The summed E-state index contributed by atoms with van der Waals surface area (Å²) in [7, 11) is 2.05. The average Bonchev–Trinajstić information content (AvgIpc) is 2.64. The third kappa shape index (κ3) is 2.75. The van der Waals surface area contributed by atoms with Crippen LogP contribution in [0.25, 0.3) is 11.0 Å². The molecular formula is C13H19N3S. The van der Waals surface area contributed by atoms with E-state index >= 15 is 0 Å². The van der Waals surface area contributed by atoms with Crippen LogP contribution in [-0.2, 0) is 7.05 Å². The van der Waals surface area contributed by atoms with Gasteiger partial charge < -0.3 is 9.88 Å². The number of aryl methyl sites for hydroxylation is 1. The van der Waals surface area contributed by atoms with Crippen LogP contribution in [0.4, 0.5) is 5.95 Å². The monoisotopic (exact) mass is 249 g/mol. The number of hydrogen-bond donors (Lipinski definition) is 1. The lowest BCUT2D eigenvalue weighted by atomic mass is 10.3. The summed E-state index contributed by atoms with van der Waals surface area (Å²) in [6.07, 6.45) is 0. The highest BCUT2D eigenvalue weighted by molar-refractivity contribution is 7.99. The fourth-order valence-electron chi connectivity index (χ4n) is 1.83. The molecule has 0 saturated carbocycles. The van der Waals surface area contributed by atoms with Gasteiger partial charge in [-0.1, -0.05) is 19.1 Å². The molecule has 0 amide bonds. The van der Waals surface area contributed by atoms with Crippen LogP contribution in [0.5, 0.6) is 0 Å². The van der Waals surface area contributed by atoms with Crippen LogP contribution in [0.15, 0.2) is 24.3 Å². The van der Waals surface area contributed by atoms with Gasteiger partial charge in [0.2, 0.25) is 5.95 Å². The Balaban J connectivity index is 2.16. The van der Waals surface area contributed by atoms with Gasteiger partial charge in [0.05, 0.1) is 11.0 Å². The van der Waals surface area contributed by atoms with Crippen molar-refractivity contribution in [3.63, 3.8) is 0 Å². The second kappa shape index (κ2) is 5.45. The van der Waals surface area contributed by atoms with Crippen LogP contribution in [-0.4, -0.2) is 27.1 Å². The summed E-state index contributed by atoms with van der Waals surface area (Å²) in [6.45, 7) is 4.38. The Morgan fingerprint density at radius 1 is 1.41 bits per heavy atom. The number of fused-ring (bicyclic) bond motifs is 1. The number of hydrogen-bond acceptors (Lipinski definition) is 3. The zero-order chi connectivity index (χ0) is 12.3. The number of aromatic nitrogens is 2. The van der Waals surface area contributed by atoms with Gasteiger partial charge in [-0.2, -0.15) is 11.8 Å². The molecule has 1 unspecified atom stereocenters. The second-order valence-electron chi connectivity index (χ2n) is 4.19. The Bertz CT molecular complexity index is 492. The number of anilines is 1. The highest BCUT2D eigenvalue weighted by Crippen LogP contribution is 2.18. The van der Waals surface area contributed by atoms with E-state index in [2.05, 4.69) is 41.8 Å². The molecule has 1 aromatic carbocycles. The van der Waals surface area contributed by atoms with Gasteiger partial charge in [-0.15, -0.1) is 0 Å². The molecule has 0 aliphatic rings. The minimum absolute atomic E-state index is 0.440. The zero-order valence-corrected chi connectivity index (χ0v) is 11.4. The number of para-hydroxylation sites is 2. The molecule has 0 fully saturated rings. The number of benzene rings is 1. The first-order valence-corrected chi connectivity index (χ1v) is 7.13. The average molecular weight is 249 g/mol. The van der Waals surface area contributed by atoms with Gasteiger partial charge in [-0.05, 0) is 24.8 Å². The molecule has 0 spiro atoms. The van der Waals surface area contributed by atoms with Crippen molar-refractivity contribution in [1.82, 2.24) is 9.55 Å². The number of nitrogens with zero attached hydrogens (tertiary/aromatic N) is 2. The molecule has 1 N–H and O–H groups in total. The Labute approximate surface area is 107 Å². The molecule has 0 bridgehead atoms. The van der Waals surface area contributed by atoms with Gasteiger partial charge in [-0.3, -0.25) is 0 Å². The summed E-state index contributed by atoms with van der Waals surface area (Å²) < 4.78 is 2.11. The van der Waals surface area contributed by atoms with Crippen molar-refractivity contribution < 1.29 is 0 Å². The molecule has 0 aliphatic carbocycles. The number of thioether (sulfide) groups is 1. The van der Waals surface area contributed by atoms with Gasteiger partial charge in [0, 0.05) is 18.8 Å². The molecule has 0 aliphatic heterocycles. The highest BCUT2D eigenvalue weighted by atomic mass is 32.2. The van der Waals surface area contributed by atoms with Crippen LogP contribution < -0.4 is 5.32 Å². The molecule has 92 valence electrons. The van der Waals surface area contributed by atoms with Gasteiger partial charge in [-0.25, -0.2) is 4.98 Å². The van der Waals surface area contributed by atoms with E-state index in [1.165, 1.54) is 5.52 Å². The summed E-state index contributed by atoms with van der Waals surface area (Å²) >= 11 is 1.95. The lowest BCUT2D eigenvalue weighted by Crippen LogP contribution is -2.20. The molecule has 0 saturated heterocycles. The third-order valence-corrected chi connectivity index (χ3v) is 3.88. The maximum Gasteiger partial charge on any atom is 0.203 e.